The number of non-ortho nitro benzene ring substituents is 1. The molecule has 0 aliphatic carbocycles. The number of anilines is 2. The molecule has 0 aliphatic heterocycles. The number of thioether (sulfide) groups is 1. The van der Waals surface area contributed by atoms with Gasteiger partial charge in [0, 0.05) is 34.8 Å². The molecule has 3 rings (SSSR count). The van der Waals surface area contributed by atoms with E-state index in [0.717, 1.165) is 23.3 Å². The second-order valence-electron chi connectivity index (χ2n) is 7.38. The Kier molecular flexibility index (Phi) is 8.60. The molecule has 0 saturated carbocycles. The molecule has 0 aliphatic rings. The van der Waals surface area contributed by atoms with Crippen molar-refractivity contribution in [3.8, 4) is 0 Å². The molecule has 3 aromatic carbocycles. The zero-order valence-corrected chi connectivity index (χ0v) is 19.0. The lowest BCUT2D eigenvalue weighted by Gasteiger charge is -2.17. The number of carbonyl (C=O) groups excluding carboxylic acids is 2. The van der Waals surface area contributed by atoms with Gasteiger partial charge in [0.2, 0.25) is 11.8 Å². The summed E-state index contributed by atoms with van der Waals surface area (Å²) in [5.41, 5.74) is 1.99. The molecule has 3 aromatic rings. The van der Waals surface area contributed by atoms with E-state index in [2.05, 4.69) is 10.6 Å². The molecule has 8 heteroatoms. The number of nitro benzene ring substituents is 1. The van der Waals surface area contributed by atoms with E-state index in [0.29, 0.717) is 17.8 Å². The Morgan fingerprint density at radius 3 is 2.12 bits per heavy atom. The van der Waals surface area contributed by atoms with Crippen LogP contribution in [0.2, 0.25) is 0 Å². The smallest absolute Gasteiger partial charge is 0.269 e. The van der Waals surface area contributed by atoms with Gasteiger partial charge in [-0.3, -0.25) is 19.7 Å². The van der Waals surface area contributed by atoms with E-state index in [9.17, 15) is 19.7 Å². The highest BCUT2D eigenvalue weighted by atomic mass is 32.2. The number of nitrogens with zero attached hydrogens (tertiary/aromatic N) is 1. The van der Waals surface area contributed by atoms with E-state index in [1.54, 1.807) is 0 Å². The molecule has 1 atom stereocenters. The van der Waals surface area contributed by atoms with Crippen LogP contribution in [0.15, 0.2) is 83.8 Å². The average molecular weight is 464 g/mol. The van der Waals surface area contributed by atoms with Crippen molar-refractivity contribution in [1.29, 1.82) is 0 Å². The minimum Gasteiger partial charge on any atom is -0.326 e. The fourth-order valence-corrected chi connectivity index (χ4v) is 4.11. The van der Waals surface area contributed by atoms with Crippen molar-refractivity contribution >= 4 is 40.6 Å². The van der Waals surface area contributed by atoms with E-state index in [-0.39, 0.29) is 17.5 Å². The van der Waals surface area contributed by atoms with Crippen molar-refractivity contribution in [1.82, 2.24) is 0 Å². The topological polar surface area (TPSA) is 101 Å². The second-order valence-corrected chi connectivity index (χ2v) is 8.56. The molecular formula is C25H25N3O4S. The summed E-state index contributed by atoms with van der Waals surface area (Å²) >= 11 is 1.39. The Morgan fingerprint density at radius 1 is 0.909 bits per heavy atom. The number of hydrogen-bond acceptors (Lipinski definition) is 5. The molecule has 0 fully saturated rings. The molecule has 0 heterocycles. The SMILES string of the molecule is CCCCC(=O)Nc1ccc(SC(C(=O)Nc2ccc([N+](=O)[O-])cc2)c2ccccc2)cc1. The van der Waals surface area contributed by atoms with Gasteiger partial charge in [-0.05, 0) is 48.4 Å². The van der Waals surface area contributed by atoms with Gasteiger partial charge in [-0.15, -0.1) is 11.8 Å². The summed E-state index contributed by atoms with van der Waals surface area (Å²) in [6.45, 7) is 2.04. The summed E-state index contributed by atoms with van der Waals surface area (Å²) in [6.07, 6.45) is 2.31. The quantitative estimate of drug-likeness (QED) is 0.212. The Balaban J connectivity index is 1.72. The van der Waals surface area contributed by atoms with E-state index in [1.165, 1.54) is 36.0 Å². The van der Waals surface area contributed by atoms with Crippen LogP contribution in [0.1, 0.15) is 37.0 Å². The lowest BCUT2D eigenvalue weighted by molar-refractivity contribution is -0.384. The maximum Gasteiger partial charge on any atom is 0.269 e. The molecule has 0 bridgehead atoms. The number of hydrogen-bond donors (Lipinski definition) is 2. The molecule has 7 nitrogen and oxygen atoms in total. The zero-order valence-electron chi connectivity index (χ0n) is 18.2. The molecule has 1 unspecified atom stereocenters. The largest absolute Gasteiger partial charge is 0.326 e. The first-order valence-corrected chi connectivity index (χ1v) is 11.5. The van der Waals surface area contributed by atoms with Crippen molar-refractivity contribution in [2.75, 3.05) is 10.6 Å². The average Bonchev–Trinajstić information content (AvgIpc) is 2.83. The second kappa shape index (κ2) is 11.8. The van der Waals surface area contributed by atoms with Gasteiger partial charge >= 0.3 is 0 Å². The summed E-state index contributed by atoms with van der Waals surface area (Å²) < 4.78 is 0. The van der Waals surface area contributed by atoms with Gasteiger partial charge in [0.25, 0.3) is 5.69 Å². The monoisotopic (exact) mass is 463 g/mol. The van der Waals surface area contributed by atoms with Gasteiger partial charge in [-0.25, -0.2) is 0 Å². The van der Waals surface area contributed by atoms with Gasteiger partial charge < -0.3 is 10.6 Å². The number of unbranched alkanes of at least 4 members (excludes halogenated alkanes) is 1. The molecule has 170 valence electrons. The van der Waals surface area contributed by atoms with E-state index < -0.39 is 10.2 Å². The van der Waals surface area contributed by atoms with Crippen LogP contribution in [0, 0.1) is 10.1 Å². The number of nitrogens with one attached hydrogen (secondary N) is 2. The number of amides is 2. The predicted molar refractivity (Wildman–Crippen MR) is 131 cm³/mol. The Hall–Kier alpha value is -3.65. The third kappa shape index (κ3) is 7.18. The predicted octanol–water partition coefficient (Wildman–Crippen LogP) is 6.20. The van der Waals surface area contributed by atoms with Crippen molar-refractivity contribution in [3.05, 3.63) is 94.5 Å². The van der Waals surface area contributed by atoms with Crippen LogP contribution in [-0.2, 0) is 9.59 Å². The fourth-order valence-electron chi connectivity index (χ4n) is 3.09. The maximum atomic E-state index is 13.1. The molecule has 0 aromatic heterocycles. The van der Waals surface area contributed by atoms with E-state index >= 15 is 0 Å². The number of carbonyl (C=O) groups is 2. The van der Waals surface area contributed by atoms with Gasteiger partial charge in [0.05, 0.1) is 4.92 Å². The van der Waals surface area contributed by atoms with Crippen molar-refractivity contribution in [2.45, 2.75) is 36.3 Å². The highest BCUT2D eigenvalue weighted by molar-refractivity contribution is 8.00. The van der Waals surface area contributed by atoms with Crippen molar-refractivity contribution < 1.29 is 14.5 Å². The summed E-state index contributed by atoms with van der Waals surface area (Å²) in [5, 5.41) is 16.0. The summed E-state index contributed by atoms with van der Waals surface area (Å²) in [5.74, 6) is -0.251. The van der Waals surface area contributed by atoms with Crippen LogP contribution in [-0.4, -0.2) is 16.7 Å². The van der Waals surface area contributed by atoms with Crippen molar-refractivity contribution in [2.24, 2.45) is 0 Å². The standard InChI is InChI=1S/C25H25N3O4S/c1-2-3-9-23(29)26-19-12-16-22(17-13-19)33-24(18-7-5-4-6-8-18)25(30)27-20-10-14-21(15-11-20)28(31)32/h4-8,10-17,24H,2-3,9H2,1H3,(H,26,29)(H,27,30). The molecule has 0 radical (unpaired) electrons. The fraction of sp³-hybridized carbons (Fsp3) is 0.200. The number of rotatable bonds is 10. The minimum absolute atomic E-state index is 0.0121. The summed E-state index contributed by atoms with van der Waals surface area (Å²) in [7, 11) is 0. The first-order valence-electron chi connectivity index (χ1n) is 10.6. The van der Waals surface area contributed by atoms with Gasteiger partial charge in [-0.1, -0.05) is 43.7 Å². The normalized spacial score (nSPS) is 11.4. The van der Waals surface area contributed by atoms with Gasteiger partial charge in [-0.2, -0.15) is 0 Å². The molecule has 0 spiro atoms. The van der Waals surface area contributed by atoms with Crippen LogP contribution in [0.4, 0.5) is 17.1 Å². The summed E-state index contributed by atoms with van der Waals surface area (Å²) in [6, 6.07) is 22.5. The van der Waals surface area contributed by atoms with Gasteiger partial charge in [0.15, 0.2) is 0 Å². The molecular weight excluding hydrogens is 438 g/mol. The number of benzene rings is 3. The van der Waals surface area contributed by atoms with Crippen LogP contribution < -0.4 is 10.6 Å². The first-order chi connectivity index (χ1) is 16.0. The van der Waals surface area contributed by atoms with Crippen LogP contribution in [0.5, 0.6) is 0 Å². The first kappa shape index (κ1) is 24.0. The molecule has 2 amide bonds. The van der Waals surface area contributed by atoms with Crippen LogP contribution in [0.25, 0.3) is 0 Å². The summed E-state index contributed by atoms with van der Waals surface area (Å²) in [4.78, 5) is 36.3. The Morgan fingerprint density at radius 2 is 1.52 bits per heavy atom. The highest BCUT2D eigenvalue weighted by Gasteiger charge is 2.22. The third-order valence-electron chi connectivity index (χ3n) is 4.84. The minimum atomic E-state index is -0.536. The van der Waals surface area contributed by atoms with E-state index in [1.807, 2.05) is 61.5 Å². The Bertz CT molecular complexity index is 1090. The third-order valence-corrected chi connectivity index (χ3v) is 6.10. The lowest BCUT2D eigenvalue weighted by atomic mass is 10.1. The van der Waals surface area contributed by atoms with Crippen LogP contribution in [0.3, 0.4) is 0 Å². The Labute approximate surface area is 196 Å². The molecule has 2 N–H and O–H groups in total. The zero-order chi connectivity index (χ0) is 23.6. The van der Waals surface area contributed by atoms with Gasteiger partial charge in [0.1, 0.15) is 5.25 Å². The highest BCUT2D eigenvalue weighted by Crippen LogP contribution is 2.36. The van der Waals surface area contributed by atoms with E-state index in [4.69, 9.17) is 0 Å². The van der Waals surface area contributed by atoms with Crippen molar-refractivity contribution in [3.63, 3.8) is 0 Å². The molecule has 0 saturated heterocycles. The molecule has 33 heavy (non-hydrogen) atoms. The maximum absolute atomic E-state index is 13.1. The number of nitro groups is 1. The van der Waals surface area contributed by atoms with Crippen LogP contribution >= 0.6 is 11.8 Å². The lowest BCUT2D eigenvalue weighted by Crippen LogP contribution is -2.19.